The lowest BCUT2D eigenvalue weighted by Crippen LogP contribution is -2.37. The quantitative estimate of drug-likeness (QED) is 0.614. The zero-order valence-corrected chi connectivity index (χ0v) is 15.5. The summed E-state index contributed by atoms with van der Waals surface area (Å²) in [7, 11) is 0. The van der Waals surface area contributed by atoms with E-state index >= 15 is 0 Å². The average molecular weight is 374 g/mol. The van der Waals surface area contributed by atoms with Crippen LogP contribution >= 0.6 is 12.2 Å². The smallest absolute Gasteiger partial charge is 0.264 e. The van der Waals surface area contributed by atoms with Gasteiger partial charge in [-0.1, -0.05) is 12.1 Å². The molecule has 1 saturated heterocycles. The van der Waals surface area contributed by atoms with Gasteiger partial charge in [0, 0.05) is 25.8 Å². The molecule has 2 N–H and O–H groups in total. The van der Waals surface area contributed by atoms with Gasteiger partial charge in [-0.25, -0.2) is 0 Å². The minimum absolute atomic E-state index is 0.0992. The van der Waals surface area contributed by atoms with E-state index < -0.39 is 5.56 Å². The third-order valence-corrected chi connectivity index (χ3v) is 4.53. The molecule has 3 rings (SSSR count). The van der Waals surface area contributed by atoms with Crippen molar-refractivity contribution in [3.05, 3.63) is 50.5 Å². The van der Waals surface area contributed by atoms with Gasteiger partial charge in [0.15, 0.2) is 4.77 Å². The van der Waals surface area contributed by atoms with Crippen LogP contribution in [0.15, 0.2) is 34.1 Å². The Bertz CT molecular complexity index is 913. The fraction of sp³-hybridized carbons (Fsp3) is 0.389. The highest BCUT2D eigenvalue weighted by molar-refractivity contribution is 7.71. The Morgan fingerprint density at radius 2 is 2.15 bits per heavy atom. The first-order valence-corrected chi connectivity index (χ1v) is 8.92. The molecule has 0 radical (unpaired) electrons. The zero-order valence-electron chi connectivity index (χ0n) is 14.6. The van der Waals surface area contributed by atoms with E-state index in [0.717, 1.165) is 38.4 Å². The number of nitrogens with one attached hydrogen (secondary N) is 1. The predicted molar refractivity (Wildman–Crippen MR) is 103 cm³/mol. The van der Waals surface area contributed by atoms with Gasteiger partial charge in [-0.15, -0.1) is 0 Å². The maximum absolute atomic E-state index is 12.2. The molecule has 8 heteroatoms. The molecule has 1 aliphatic rings. The van der Waals surface area contributed by atoms with Crippen LogP contribution in [-0.4, -0.2) is 65.2 Å². The number of aromatic hydroxyl groups is 1. The van der Waals surface area contributed by atoms with Gasteiger partial charge >= 0.3 is 0 Å². The Labute approximate surface area is 156 Å². The van der Waals surface area contributed by atoms with E-state index in [1.165, 1.54) is 10.8 Å². The Balaban J connectivity index is 1.83. The van der Waals surface area contributed by atoms with Crippen molar-refractivity contribution in [2.24, 2.45) is 4.99 Å². The largest absolute Gasteiger partial charge is 0.494 e. The fourth-order valence-electron chi connectivity index (χ4n) is 2.84. The van der Waals surface area contributed by atoms with Crippen molar-refractivity contribution >= 4 is 18.4 Å². The van der Waals surface area contributed by atoms with Gasteiger partial charge in [0.2, 0.25) is 5.88 Å². The number of morpholine rings is 1. The molecular formula is C18H22N4O3S. The summed E-state index contributed by atoms with van der Waals surface area (Å²) in [4.78, 5) is 21.4. The van der Waals surface area contributed by atoms with Crippen LogP contribution in [0.3, 0.4) is 0 Å². The molecule has 138 valence electrons. The number of hydrogen-bond donors (Lipinski definition) is 2. The van der Waals surface area contributed by atoms with Crippen molar-refractivity contribution in [2.75, 3.05) is 39.4 Å². The minimum Gasteiger partial charge on any atom is -0.494 e. The molecule has 2 heterocycles. The first-order chi connectivity index (χ1) is 12.6. The number of aliphatic imine (C=N–C) groups is 1. The Hall–Kier alpha value is -2.29. The van der Waals surface area contributed by atoms with E-state index in [1.807, 2.05) is 31.2 Å². The molecule has 0 amide bonds. The second-order valence-corrected chi connectivity index (χ2v) is 6.55. The van der Waals surface area contributed by atoms with E-state index in [1.54, 1.807) is 0 Å². The molecule has 1 aliphatic heterocycles. The minimum atomic E-state index is -0.452. The summed E-state index contributed by atoms with van der Waals surface area (Å²) in [5.74, 6) is -0.209. The first-order valence-electron chi connectivity index (χ1n) is 8.51. The number of ether oxygens (including phenoxy) is 1. The van der Waals surface area contributed by atoms with Gasteiger partial charge in [-0.3, -0.25) is 24.2 Å². The van der Waals surface area contributed by atoms with E-state index in [0.29, 0.717) is 12.2 Å². The highest BCUT2D eigenvalue weighted by Gasteiger charge is 2.13. The maximum atomic E-state index is 12.2. The summed E-state index contributed by atoms with van der Waals surface area (Å²) >= 11 is 5.22. The molecule has 0 spiro atoms. The van der Waals surface area contributed by atoms with E-state index in [-0.39, 0.29) is 16.2 Å². The SMILES string of the molecule is Cc1cccc(-n2c(O)c(C=NCCN3CCOCC3)c(=O)[nH]c2=S)c1. The normalized spacial score (nSPS) is 15.6. The van der Waals surface area contributed by atoms with Crippen molar-refractivity contribution in [3.8, 4) is 11.6 Å². The van der Waals surface area contributed by atoms with Gasteiger partial charge in [0.25, 0.3) is 5.56 Å². The number of aromatic nitrogens is 2. The summed E-state index contributed by atoms with van der Waals surface area (Å²) in [6.07, 6.45) is 1.41. The second-order valence-electron chi connectivity index (χ2n) is 6.16. The van der Waals surface area contributed by atoms with Crippen LogP contribution in [0, 0.1) is 11.7 Å². The molecule has 7 nitrogen and oxygen atoms in total. The van der Waals surface area contributed by atoms with Crippen LogP contribution in [0.1, 0.15) is 11.1 Å². The Morgan fingerprint density at radius 3 is 2.88 bits per heavy atom. The summed E-state index contributed by atoms with van der Waals surface area (Å²) in [6.45, 7) is 6.53. The highest BCUT2D eigenvalue weighted by atomic mass is 32.1. The monoisotopic (exact) mass is 374 g/mol. The van der Waals surface area contributed by atoms with Crippen molar-refractivity contribution < 1.29 is 9.84 Å². The lowest BCUT2D eigenvalue weighted by Gasteiger charge is -2.25. The summed E-state index contributed by atoms with van der Waals surface area (Å²) in [5, 5.41) is 10.6. The van der Waals surface area contributed by atoms with Crippen molar-refractivity contribution in [3.63, 3.8) is 0 Å². The molecule has 1 aromatic heterocycles. The molecule has 0 aliphatic carbocycles. The fourth-order valence-corrected chi connectivity index (χ4v) is 3.13. The van der Waals surface area contributed by atoms with Crippen LogP contribution in [-0.2, 0) is 4.74 Å². The third kappa shape index (κ3) is 4.27. The molecule has 26 heavy (non-hydrogen) atoms. The number of H-pyrrole nitrogens is 1. The van der Waals surface area contributed by atoms with Gasteiger partial charge in [-0.2, -0.15) is 0 Å². The molecule has 1 fully saturated rings. The summed E-state index contributed by atoms with van der Waals surface area (Å²) < 4.78 is 6.89. The average Bonchev–Trinajstić information content (AvgIpc) is 2.61. The number of aryl methyl sites for hydroxylation is 1. The van der Waals surface area contributed by atoms with Crippen LogP contribution in [0.2, 0.25) is 0 Å². The zero-order chi connectivity index (χ0) is 18.5. The molecule has 0 unspecified atom stereocenters. The van der Waals surface area contributed by atoms with Crippen molar-refractivity contribution in [1.82, 2.24) is 14.5 Å². The Morgan fingerprint density at radius 1 is 1.38 bits per heavy atom. The Kier molecular flexibility index (Phi) is 5.97. The van der Waals surface area contributed by atoms with Gasteiger partial charge in [-0.05, 0) is 36.8 Å². The van der Waals surface area contributed by atoms with Crippen molar-refractivity contribution in [1.29, 1.82) is 0 Å². The standard InChI is InChI=1S/C18H22N4O3S/c1-13-3-2-4-14(11-13)22-17(24)15(16(23)20-18(22)26)12-19-5-6-21-7-9-25-10-8-21/h2-4,11-12,24H,5-10H2,1H3,(H,20,23,26). The second kappa shape index (κ2) is 8.39. The summed E-state index contributed by atoms with van der Waals surface area (Å²) in [6, 6.07) is 7.52. The third-order valence-electron chi connectivity index (χ3n) is 4.25. The maximum Gasteiger partial charge on any atom is 0.264 e. The molecule has 1 aromatic carbocycles. The van der Waals surface area contributed by atoms with E-state index in [9.17, 15) is 9.90 Å². The molecule has 0 atom stereocenters. The van der Waals surface area contributed by atoms with Crippen molar-refractivity contribution in [2.45, 2.75) is 6.92 Å². The van der Waals surface area contributed by atoms with Crippen LogP contribution in [0.25, 0.3) is 5.69 Å². The summed E-state index contributed by atoms with van der Waals surface area (Å²) in [5.41, 5.74) is 1.36. The van der Waals surface area contributed by atoms with Crippen LogP contribution in [0.4, 0.5) is 0 Å². The van der Waals surface area contributed by atoms with Crippen LogP contribution in [0.5, 0.6) is 5.88 Å². The van der Waals surface area contributed by atoms with Gasteiger partial charge in [0.05, 0.1) is 25.4 Å². The number of nitrogens with zero attached hydrogens (tertiary/aromatic N) is 3. The number of benzene rings is 1. The molecule has 0 bridgehead atoms. The lowest BCUT2D eigenvalue weighted by atomic mass is 10.2. The molecule has 2 aromatic rings. The number of rotatable bonds is 5. The van der Waals surface area contributed by atoms with Crippen LogP contribution < -0.4 is 5.56 Å². The topological polar surface area (TPSA) is 82.8 Å². The number of aromatic amines is 1. The molecule has 0 saturated carbocycles. The van der Waals surface area contributed by atoms with E-state index in [4.69, 9.17) is 17.0 Å². The van der Waals surface area contributed by atoms with E-state index in [2.05, 4.69) is 14.9 Å². The highest BCUT2D eigenvalue weighted by Crippen LogP contribution is 2.19. The molecular weight excluding hydrogens is 352 g/mol. The number of hydrogen-bond acceptors (Lipinski definition) is 6. The van der Waals surface area contributed by atoms with Gasteiger partial charge < -0.3 is 9.84 Å². The van der Waals surface area contributed by atoms with Gasteiger partial charge in [0.1, 0.15) is 5.56 Å². The lowest BCUT2D eigenvalue weighted by molar-refractivity contribution is 0.0395. The predicted octanol–water partition coefficient (Wildman–Crippen LogP) is 1.66. The first kappa shape index (κ1) is 18.5.